The third-order valence-electron chi connectivity index (χ3n) is 2.37. The van der Waals surface area contributed by atoms with Crippen molar-refractivity contribution in [1.29, 1.82) is 0 Å². The average Bonchev–Trinajstić information content (AvgIpc) is 2.38. The fraction of sp³-hybridized carbons (Fsp3) is 0.143. The summed E-state index contributed by atoms with van der Waals surface area (Å²) in [4.78, 5) is 8.52. The molecule has 3 heteroatoms. The van der Waals surface area contributed by atoms with Crippen LogP contribution in [0.1, 0.15) is 11.1 Å². The van der Waals surface area contributed by atoms with Crippen molar-refractivity contribution < 1.29 is 4.74 Å². The lowest BCUT2D eigenvalue weighted by atomic mass is 10.2. The molecule has 0 amide bonds. The first-order valence-corrected chi connectivity index (χ1v) is 5.39. The van der Waals surface area contributed by atoms with E-state index in [0.29, 0.717) is 5.82 Å². The Morgan fingerprint density at radius 3 is 2.71 bits per heavy atom. The van der Waals surface area contributed by atoms with Gasteiger partial charge in [0.25, 0.3) is 0 Å². The van der Waals surface area contributed by atoms with Crippen LogP contribution in [-0.4, -0.2) is 18.3 Å². The quantitative estimate of drug-likeness (QED) is 0.753. The Labute approximate surface area is 101 Å². The Morgan fingerprint density at radius 2 is 2.00 bits per heavy atom. The summed E-state index contributed by atoms with van der Waals surface area (Å²) in [7, 11) is 1.65. The highest BCUT2D eigenvalue weighted by Gasteiger charge is 1.97. The zero-order valence-corrected chi connectivity index (χ0v) is 9.92. The van der Waals surface area contributed by atoms with E-state index in [1.54, 1.807) is 19.5 Å². The highest BCUT2D eigenvalue weighted by molar-refractivity contribution is 5.85. The van der Waals surface area contributed by atoms with E-state index < -0.39 is 0 Å². The van der Waals surface area contributed by atoms with Gasteiger partial charge in [-0.3, -0.25) is 0 Å². The molecule has 0 aliphatic rings. The number of nitrogens with zero attached hydrogens (tertiary/aromatic N) is 2. The number of rotatable bonds is 3. The van der Waals surface area contributed by atoms with Gasteiger partial charge >= 0.3 is 0 Å². The van der Waals surface area contributed by atoms with Crippen molar-refractivity contribution in [2.75, 3.05) is 7.11 Å². The molecule has 86 valence electrons. The fourth-order valence-electron chi connectivity index (χ4n) is 1.45. The number of pyridine rings is 1. The monoisotopic (exact) mass is 226 g/mol. The summed E-state index contributed by atoms with van der Waals surface area (Å²) in [5.74, 6) is 1.50. The first kappa shape index (κ1) is 11.3. The van der Waals surface area contributed by atoms with E-state index in [-0.39, 0.29) is 0 Å². The second kappa shape index (κ2) is 5.25. The second-order valence-electron chi connectivity index (χ2n) is 3.69. The van der Waals surface area contributed by atoms with Gasteiger partial charge in [-0.1, -0.05) is 18.2 Å². The summed E-state index contributed by atoms with van der Waals surface area (Å²) >= 11 is 0. The van der Waals surface area contributed by atoms with Crippen LogP contribution in [-0.2, 0) is 0 Å². The number of hydrogen-bond acceptors (Lipinski definition) is 3. The zero-order chi connectivity index (χ0) is 12.1. The molecule has 2 rings (SSSR count). The summed E-state index contributed by atoms with van der Waals surface area (Å²) in [5.41, 5.74) is 2.07. The smallest absolute Gasteiger partial charge is 0.151 e. The summed E-state index contributed by atoms with van der Waals surface area (Å²) in [6.45, 7) is 2.00. The van der Waals surface area contributed by atoms with E-state index >= 15 is 0 Å². The number of aromatic nitrogens is 1. The maximum absolute atomic E-state index is 5.24. The molecule has 3 nitrogen and oxygen atoms in total. The van der Waals surface area contributed by atoms with Gasteiger partial charge in [-0.05, 0) is 30.7 Å². The Balaban J connectivity index is 2.22. The summed E-state index contributed by atoms with van der Waals surface area (Å²) in [6.07, 6.45) is 3.56. The van der Waals surface area contributed by atoms with Crippen LogP contribution < -0.4 is 4.74 Å². The van der Waals surface area contributed by atoms with Crippen LogP contribution in [0, 0.1) is 6.92 Å². The highest BCUT2D eigenvalue weighted by atomic mass is 16.5. The van der Waals surface area contributed by atoms with E-state index in [1.807, 2.05) is 43.3 Å². The lowest BCUT2D eigenvalue weighted by Crippen LogP contribution is -1.89. The Bertz CT molecular complexity index is 518. The van der Waals surface area contributed by atoms with Crippen LogP contribution in [0.5, 0.6) is 5.75 Å². The normalized spacial score (nSPS) is 10.7. The molecule has 0 fully saturated rings. The topological polar surface area (TPSA) is 34.5 Å². The predicted octanol–water partition coefficient (Wildman–Crippen LogP) is 3.15. The second-order valence-corrected chi connectivity index (χ2v) is 3.69. The lowest BCUT2D eigenvalue weighted by Gasteiger charge is -2.02. The largest absolute Gasteiger partial charge is 0.496 e. The molecule has 1 aromatic heterocycles. The average molecular weight is 226 g/mol. The molecule has 2 aromatic rings. The van der Waals surface area contributed by atoms with Gasteiger partial charge in [0.1, 0.15) is 5.75 Å². The maximum Gasteiger partial charge on any atom is 0.151 e. The minimum Gasteiger partial charge on any atom is -0.496 e. The van der Waals surface area contributed by atoms with Crippen LogP contribution in [0.4, 0.5) is 5.82 Å². The first-order valence-electron chi connectivity index (χ1n) is 5.39. The Kier molecular flexibility index (Phi) is 3.50. The molecule has 0 N–H and O–H groups in total. The molecule has 0 spiro atoms. The lowest BCUT2D eigenvalue weighted by molar-refractivity contribution is 0.414. The molecule has 0 unspecified atom stereocenters. The van der Waals surface area contributed by atoms with Crippen LogP contribution >= 0.6 is 0 Å². The van der Waals surface area contributed by atoms with Crippen LogP contribution in [0.2, 0.25) is 0 Å². The van der Waals surface area contributed by atoms with E-state index in [0.717, 1.165) is 16.9 Å². The molecule has 0 bridgehead atoms. The number of ether oxygens (including phenoxy) is 1. The number of aliphatic imine (C=N–C) groups is 1. The Morgan fingerprint density at radius 1 is 1.18 bits per heavy atom. The van der Waals surface area contributed by atoms with Gasteiger partial charge in [0.05, 0.1) is 7.11 Å². The maximum atomic E-state index is 5.24. The van der Waals surface area contributed by atoms with Crippen LogP contribution in [0.15, 0.2) is 47.6 Å². The molecular weight excluding hydrogens is 212 g/mol. The van der Waals surface area contributed by atoms with Gasteiger partial charge in [0.15, 0.2) is 5.82 Å². The molecule has 1 aromatic carbocycles. The third kappa shape index (κ3) is 2.91. The highest BCUT2D eigenvalue weighted by Crippen LogP contribution is 2.16. The van der Waals surface area contributed by atoms with Crippen molar-refractivity contribution >= 4 is 12.0 Å². The van der Waals surface area contributed by atoms with Gasteiger partial charge in [-0.15, -0.1) is 0 Å². The molecule has 0 radical (unpaired) electrons. The molecule has 0 atom stereocenters. The Hall–Kier alpha value is -2.16. The molecular formula is C14H14N2O. The number of methoxy groups -OCH3 is 1. The van der Waals surface area contributed by atoms with Gasteiger partial charge in [-0.25, -0.2) is 9.98 Å². The van der Waals surface area contributed by atoms with Crippen molar-refractivity contribution in [3.8, 4) is 5.75 Å². The van der Waals surface area contributed by atoms with Gasteiger partial charge in [0.2, 0.25) is 0 Å². The molecule has 0 saturated heterocycles. The van der Waals surface area contributed by atoms with E-state index in [1.165, 1.54) is 0 Å². The summed E-state index contributed by atoms with van der Waals surface area (Å²) < 4.78 is 5.24. The number of hydrogen-bond donors (Lipinski definition) is 0. The summed E-state index contributed by atoms with van der Waals surface area (Å²) in [5, 5.41) is 0. The molecule has 1 heterocycles. The first-order chi connectivity index (χ1) is 8.29. The SMILES string of the molecule is COc1ccccc1C=Nc1ccc(C)cn1. The minimum atomic E-state index is 0.696. The third-order valence-corrected chi connectivity index (χ3v) is 2.37. The number of benzene rings is 1. The standard InChI is InChI=1S/C14H14N2O/c1-11-7-8-14(15-9-11)16-10-12-5-3-4-6-13(12)17-2/h3-10H,1-2H3. The zero-order valence-electron chi connectivity index (χ0n) is 9.92. The van der Waals surface area contributed by atoms with Crippen molar-refractivity contribution in [1.82, 2.24) is 4.98 Å². The van der Waals surface area contributed by atoms with Gasteiger partial charge in [-0.2, -0.15) is 0 Å². The van der Waals surface area contributed by atoms with Crippen LogP contribution in [0.25, 0.3) is 0 Å². The number of para-hydroxylation sites is 1. The van der Waals surface area contributed by atoms with Crippen LogP contribution in [0.3, 0.4) is 0 Å². The van der Waals surface area contributed by atoms with Crippen molar-refractivity contribution in [3.63, 3.8) is 0 Å². The molecule has 17 heavy (non-hydrogen) atoms. The number of aryl methyl sites for hydroxylation is 1. The van der Waals surface area contributed by atoms with Crippen molar-refractivity contribution in [2.45, 2.75) is 6.92 Å². The minimum absolute atomic E-state index is 0.696. The predicted molar refractivity (Wildman–Crippen MR) is 69.2 cm³/mol. The fourth-order valence-corrected chi connectivity index (χ4v) is 1.45. The van der Waals surface area contributed by atoms with E-state index in [9.17, 15) is 0 Å². The summed E-state index contributed by atoms with van der Waals surface area (Å²) in [6, 6.07) is 11.6. The van der Waals surface area contributed by atoms with Gasteiger partial charge < -0.3 is 4.74 Å². The van der Waals surface area contributed by atoms with Crippen molar-refractivity contribution in [3.05, 3.63) is 53.7 Å². The van der Waals surface area contributed by atoms with E-state index in [2.05, 4.69) is 9.98 Å². The molecule has 0 aliphatic heterocycles. The van der Waals surface area contributed by atoms with Crippen molar-refractivity contribution in [2.24, 2.45) is 4.99 Å². The molecule has 0 aliphatic carbocycles. The molecule has 0 saturated carbocycles. The van der Waals surface area contributed by atoms with Gasteiger partial charge in [0, 0.05) is 18.0 Å². The van der Waals surface area contributed by atoms with E-state index in [4.69, 9.17) is 4.74 Å².